The van der Waals surface area contributed by atoms with Gasteiger partial charge in [0, 0.05) is 25.2 Å². The number of benzene rings is 2. The van der Waals surface area contributed by atoms with Gasteiger partial charge in [0.05, 0.1) is 19.1 Å². The van der Waals surface area contributed by atoms with Gasteiger partial charge >= 0.3 is 0 Å². The number of hydrogen-bond acceptors (Lipinski definition) is 3. The Labute approximate surface area is 135 Å². The fourth-order valence-corrected chi connectivity index (χ4v) is 2.88. The number of halogens is 1. The predicted molar refractivity (Wildman–Crippen MR) is 87.2 cm³/mol. The van der Waals surface area contributed by atoms with Gasteiger partial charge in [0.2, 0.25) is 0 Å². The number of morpholine rings is 1. The second-order valence-electron chi connectivity index (χ2n) is 5.75. The topological polar surface area (TPSA) is 29.5 Å². The van der Waals surface area contributed by atoms with Gasteiger partial charge in [0.25, 0.3) is 0 Å². The Morgan fingerprint density at radius 2 is 1.70 bits per heavy atom. The van der Waals surface area contributed by atoms with Crippen molar-refractivity contribution in [3.63, 3.8) is 0 Å². The maximum Gasteiger partial charge on any atom is 0.171 e. The zero-order valence-electron chi connectivity index (χ0n) is 13.0. The maximum absolute atomic E-state index is 13.1. The summed E-state index contributed by atoms with van der Waals surface area (Å²) in [7, 11) is 0. The lowest BCUT2D eigenvalue weighted by molar-refractivity contribution is 0.0345. The summed E-state index contributed by atoms with van der Waals surface area (Å²) in [6.07, 6.45) is 0. The molecule has 0 amide bonds. The number of ketones is 1. The van der Waals surface area contributed by atoms with E-state index in [1.165, 1.54) is 12.1 Å². The number of nitrogens with zero attached hydrogens (tertiary/aromatic N) is 1. The molecule has 1 saturated heterocycles. The van der Waals surface area contributed by atoms with Crippen LogP contribution in [0.3, 0.4) is 0 Å². The van der Waals surface area contributed by atoms with Gasteiger partial charge in [-0.15, -0.1) is 0 Å². The highest BCUT2D eigenvalue weighted by atomic mass is 19.1. The minimum Gasteiger partial charge on any atom is -0.379 e. The first kappa shape index (κ1) is 15.8. The van der Waals surface area contributed by atoms with E-state index in [1.807, 2.05) is 30.3 Å². The van der Waals surface area contributed by atoms with Gasteiger partial charge in [-0.25, -0.2) is 4.39 Å². The van der Waals surface area contributed by atoms with Crippen LogP contribution in [0, 0.1) is 5.82 Å². The molecule has 1 atom stereocenters. The molecule has 2 aromatic rings. The van der Waals surface area contributed by atoms with Crippen molar-refractivity contribution in [2.45, 2.75) is 5.92 Å². The van der Waals surface area contributed by atoms with Gasteiger partial charge in [0.1, 0.15) is 5.82 Å². The van der Waals surface area contributed by atoms with Crippen molar-refractivity contribution in [1.29, 1.82) is 0 Å². The van der Waals surface area contributed by atoms with E-state index in [0.29, 0.717) is 25.3 Å². The molecule has 2 aromatic carbocycles. The second kappa shape index (κ2) is 7.49. The van der Waals surface area contributed by atoms with Gasteiger partial charge < -0.3 is 4.74 Å². The summed E-state index contributed by atoms with van der Waals surface area (Å²) in [6, 6.07) is 15.6. The molecule has 1 aliphatic rings. The highest BCUT2D eigenvalue weighted by Gasteiger charge is 2.25. The van der Waals surface area contributed by atoms with Crippen molar-refractivity contribution >= 4 is 5.78 Å². The zero-order valence-corrected chi connectivity index (χ0v) is 13.0. The van der Waals surface area contributed by atoms with Crippen LogP contribution in [0.25, 0.3) is 0 Å². The summed E-state index contributed by atoms with van der Waals surface area (Å²) in [4.78, 5) is 15.2. The summed E-state index contributed by atoms with van der Waals surface area (Å²) < 4.78 is 18.5. The van der Waals surface area contributed by atoms with Gasteiger partial charge in [0.15, 0.2) is 5.78 Å². The molecule has 0 saturated carbocycles. The molecule has 0 spiro atoms. The summed E-state index contributed by atoms with van der Waals surface area (Å²) in [5.74, 6) is -0.548. The van der Waals surface area contributed by atoms with Crippen LogP contribution < -0.4 is 0 Å². The fraction of sp³-hybridized carbons (Fsp3) is 0.316. The highest BCUT2D eigenvalue weighted by Crippen LogP contribution is 2.23. The Kier molecular flexibility index (Phi) is 5.16. The average Bonchev–Trinajstić information content (AvgIpc) is 2.61. The lowest BCUT2D eigenvalue weighted by Gasteiger charge is -2.30. The minimum atomic E-state index is -0.328. The Balaban J connectivity index is 1.84. The molecule has 0 radical (unpaired) electrons. The SMILES string of the molecule is O=C(c1ccc(F)cc1)[C@@H](CN1CCOCC1)c1ccccc1. The van der Waals surface area contributed by atoms with Crippen LogP contribution in [0.4, 0.5) is 4.39 Å². The highest BCUT2D eigenvalue weighted by molar-refractivity contribution is 6.01. The van der Waals surface area contributed by atoms with Gasteiger partial charge in [-0.05, 0) is 29.8 Å². The molecule has 0 N–H and O–H groups in total. The molecular formula is C19H20FNO2. The van der Waals surface area contributed by atoms with Crippen LogP contribution in [-0.4, -0.2) is 43.5 Å². The molecule has 3 rings (SSSR count). The quantitative estimate of drug-likeness (QED) is 0.794. The van der Waals surface area contributed by atoms with Crippen LogP contribution in [0.1, 0.15) is 21.8 Å². The third kappa shape index (κ3) is 4.03. The first-order valence-electron chi connectivity index (χ1n) is 7.89. The fourth-order valence-electron chi connectivity index (χ4n) is 2.88. The van der Waals surface area contributed by atoms with E-state index >= 15 is 0 Å². The summed E-state index contributed by atoms with van der Waals surface area (Å²) in [5.41, 5.74) is 1.54. The molecule has 120 valence electrons. The van der Waals surface area contributed by atoms with Crippen LogP contribution in [-0.2, 0) is 4.74 Å². The van der Waals surface area contributed by atoms with E-state index < -0.39 is 0 Å². The third-order valence-electron chi connectivity index (χ3n) is 4.19. The summed E-state index contributed by atoms with van der Waals surface area (Å²) >= 11 is 0. The van der Waals surface area contributed by atoms with E-state index in [4.69, 9.17) is 4.74 Å². The van der Waals surface area contributed by atoms with Gasteiger partial charge in [-0.3, -0.25) is 9.69 Å². The van der Waals surface area contributed by atoms with Crippen LogP contribution in [0.15, 0.2) is 54.6 Å². The number of rotatable bonds is 5. The standard InChI is InChI=1S/C19H20FNO2/c20-17-8-6-16(7-9-17)19(22)18(15-4-2-1-3-5-15)14-21-10-12-23-13-11-21/h1-9,18H,10-14H2/t18-/m0/s1. The Hall–Kier alpha value is -2.04. The molecule has 1 heterocycles. The zero-order chi connectivity index (χ0) is 16.1. The number of carbonyl (C=O) groups is 1. The predicted octanol–water partition coefficient (Wildman–Crippen LogP) is 3.12. The smallest absolute Gasteiger partial charge is 0.171 e. The molecule has 23 heavy (non-hydrogen) atoms. The largest absolute Gasteiger partial charge is 0.379 e. The van der Waals surface area contributed by atoms with Crippen molar-refractivity contribution in [1.82, 2.24) is 4.90 Å². The van der Waals surface area contributed by atoms with Crippen LogP contribution >= 0.6 is 0 Å². The summed E-state index contributed by atoms with van der Waals surface area (Å²) in [5, 5.41) is 0. The van der Waals surface area contributed by atoms with Crippen molar-refractivity contribution in [2.24, 2.45) is 0 Å². The van der Waals surface area contributed by atoms with Gasteiger partial charge in [-0.1, -0.05) is 30.3 Å². The molecular weight excluding hydrogens is 293 g/mol. The number of ether oxygens (including phenoxy) is 1. The minimum absolute atomic E-state index is 0.0303. The first-order chi connectivity index (χ1) is 11.2. The Morgan fingerprint density at radius 1 is 1.04 bits per heavy atom. The van der Waals surface area contributed by atoms with E-state index in [9.17, 15) is 9.18 Å². The first-order valence-corrected chi connectivity index (χ1v) is 7.89. The third-order valence-corrected chi connectivity index (χ3v) is 4.19. The molecule has 3 nitrogen and oxygen atoms in total. The normalized spacial score (nSPS) is 16.9. The van der Waals surface area contributed by atoms with Crippen molar-refractivity contribution in [3.8, 4) is 0 Å². The van der Waals surface area contributed by atoms with Crippen LogP contribution in [0.2, 0.25) is 0 Å². The molecule has 0 aromatic heterocycles. The molecule has 4 heteroatoms. The van der Waals surface area contributed by atoms with Crippen molar-refractivity contribution in [2.75, 3.05) is 32.8 Å². The Morgan fingerprint density at radius 3 is 2.35 bits per heavy atom. The molecule has 1 aliphatic heterocycles. The lowest BCUT2D eigenvalue weighted by Crippen LogP contribution is -2.40. The number of hydrogen-bond donors (Lipinski definition) is 0. The Bertz CT molecular complexity index is 636. The monoisotopic (exact) mass is 313 g/mol. The lowest BCUT2D eigenvalue weighted by atomic mass is 9.90. The van der Waals surface area contributed by atoms with E-state index in [2.05, 4.69) is 4.90 Å². The second-order valence-corrected chi connectivity index (χ2v) is 5.75. The van der Waals surface area contributed by atoms with E-state index in [0.717, 1.165) is 18.7 Å². The van der Waals surface area contributed by atoms with E-state index in [-0.39, 0.29) is 17.5 Å². The van der Waals surface area contributed by atoms with Crippen LogP contribution in [0.5, 0.6) is 0 Å². The number of carbonyl (C=O) groups excluding carboxylic acids is 1. The molecule has 0 unspecified atom stereocenters. The maximum atomic E-state index is 13.1. The molecule has 1 fully saturated rings. The van der Waals surface area contributed by atoms with Crippen molar-refractivity contribution < 1.29 is 13.9 Å². The summed E-state index contributed by atoms with van der Waals surface area (Å²) in [6.45, 7) is 3.72. The van der Waals surface area contributed by atoms with E-state index in [1.54, 1.807) is 12.1 Å². The number of Topliss-reactive ketones (excluding diaryl/α,β-unsaturated/α-hetero) is 1. The van der Waals surface area contributed by atoms with Gasteiger partial charge in [-0.2, -0.15) is 0 Å². The molecule has 0 aliphatic carbocycles. The van der Waals surface area contributed by atoms with Crippen molar-refractivity contribution in [3.05, 3.63) is 71.5 Å². The molecule has 0 bridgehead atoms. The average molecular weight is 313 g/mol.